The molecule has 4 aromatic rings. The second-order valence-electron chi connectivity index (χ2n) is 6.64. The number of hydrogen-bond donors (Lipinski definition) is 1. The van der Waals surface area contributed by atoms with Crippen molar-refractivity contribution < 1.29 is 13.5 Å². The second-order valence-corrected chi connectivity index (χ2v) is 6.64. The normalized spacial score (nSPS) is 11.8. The molecule has 1 N–H and O–H groups in total. The molecule has 1 heterocycles. The first-order valence-electron chi connectivity index (χ1n) is 9.19. The summed E-state index contributed by atoms with van der Waals surface area (Å²) in [6.45, 7) is 2.00. The predicted molar refractivity (Wildman–Crippen MR) is 109 cm³/mol. The molecule has 1 atom stereocenters. The van der Waals surface area contributed by atoms with Gasteiger partial charge in [-0.2, -0.15) is 0 Å². The molecule has 0 amide bonds. The van der Waals surface area contributed by atoms with Crippen molar-refractivity contribution in [2.75, 3.05) is 12.4 Å². The van der Waals surface area contributed by atoms with Crippen LogP contribution in [0, 0.1) is 12.7 Å². The first-order chi connectivity index (χ1) is 14.1. The molecule has 0 aliphatic rings. The highest BCUT2D eigenvalue weighted by atomic mass is 19.1. The van der Waals surface area contributed by atoms with Gasteiger partial charge in [-0.1, -0.05) is 36.4 Å². The molecule has 0 unspecified atom stereocenters. The molecule has 0 bridgehead atoms. The van der Waals surface area contributed by atoms with Crippen LogP contribution in [0.2, 0.25) is 0 Å². The lowest BCUT2D eigenvalue weighted by molar-refractivity contribution is 0.415. The number of ether oxygens (including phenoxy) is 1. The average molecular weight is 389 g/mol. The number of anilines is 1. The first-order valence-corrected chi connectivity index (χ1v) is 9.19. The van der Waals surface area contributed by atoms with Crippen molar-refractivity contribution in [3.05, 3.63) is 95.6 Å². The molecule has 3 aromatic carbocycles. The average Bonchev–Trinajstić information content (AvgIpc) is 3.23. The fourth-order valence-corrected chi connectivity index (χ4v) is 3.08. The summed E-state index contributed by atoms with van der Waals surface area (Å²) in [4.78, 5) is 0. The summed E-state index contributed by atoms with van der Waals surface area (Å²) in [5.74, 6) is 1.17. The summed E-state index contributed by atoms with van der Waals surface area (Å²) in [6, 6.07) is 21.1. The van der Waals surface area contributed by atoms with Crippen molar-refractivity contribution >= 4 is 5.69 Å². The standard InChI is InChI=1S/C23H20FN3O2/c1-15-8-13-20(28-2)19(14-15)25-21(16-9-11-18(24)12-10-16)23-27-26-22(29-23)17-6-4-3-5-7-17/h3-14,21,25H,1-2H3/t21-/m0/s1. The number of hydrogen-bond acceptors (Lipinski definition) is 5. The summed E-state index contributed by atoms with van der Waals surface area (Å²) in [7, 11) is 1.61. The van der Waals surface area contributed by atoms with Crippen LogP contribution in [0.3, 0.4) is 0 Å². The summed E-state index contributed by atoms with van der Waals surface area (Å²) >= 11 is 0. The number of nitrogens with one attached hydrogen (secondary N) is 1. The van der Waals surface area contributed by atoms with E-state index in [1.54, 1.807) is 19.2 Å². The van der Waals surface area contributed by atoms with Crippen LogP contribution in [0.5, 0.6) is 5.75 Å². The van der Waals surface area contributed by atoms with E-state index in [0.717, 1.165) is 22.4 Å². The Kier molecular flexibility index (Phi) is 5.24. The van der Waals surface area contributed by atoms with Crippen LogP contribution in [0.25, 0.3) is 11.5 Å². The van der Waals surface area contributed by atoms with Crippen molar-refractivity contribution in [1.29, 1.82) is 0 Å². The van der Waals surface area contributed by atoms with Crippen LogP contribution in [0.15, 0.2) is 77.2 Å². The highest BCUT2D eigenvalue weighted by molar-refractivity contribution is 5.60. The Morgan fingerprint density at radius 1 is 0.966 bits per heavy atom. The van der Waals surface area contributed by atoms with Crippen molar-refractivity contribution in [2.45, 2.75) is 13.0 Å². The van der Waals surface area contributed by atoms with Crippen LogP contribution >= 0.6 is 0 Å². The van der Waals surface area contributed by atoms with Gasteiger partial charge in [0, 0.05) is 5.56 Å². The Balaban J connectivity index is 1.75. The molecule has 6 heteroatoms. The molecule has 1 aromatic heterocycles. The smallest absolute Gasteiger partial charge is 0.247 e. The topological polar surface area (TPSA) is 60.2 Å². The molecule has 0 aliphatic carbocycles. The molecule has 5 nitrogen and oxygen atoms in total. The Morgan fingerprint density at radius 3 is 2.45 bits per heavy atom. The van der Waals surface area contributed by atoms with Crippen molar-refractivity contribution in [3.63, 3.8) is 0 Å². The number of methoxy groups -OCH3 is 1. The quantitative estimate of drug-likeness (QED) is 0.479. The van der Waals surface area contributed by atoms with E-state index in [-0.39, 0.29) is 5.82 Å². The van der Waals surface area contributed by atoms with Gasteiger partial charge in [0.15, 0.2) is 0 Å². The minimum atomic E-state index is -0.476. The maximum absolute atomic E-state index is 13.5. The first kappa shape index (κ1) is 18.7. The fourth-order valence-electron chi connectivity index (χ4n) is 3.08. The van der Waals surface area contributed by atoms with Crippen LogP contribution in [-0.2, 0) is 0 Å². The number of rotatable bonds is 6. The van der Waals surface area contributed by atoms with Crippen LogP contribution in [-0.4, -0.2) is 17.3 Å². The Labute approximate surface area is 168 Å². The van der Waals surface area contributed by atoms with Crippen LogP contribution < -0.4 is 10.1 Å². The van der Waals surface area contributed by atoms with Gasteiger partial charge in [-0.3, -0.25) is 0 Å². The lowest BCUT2D eigenvalue weighted by atomic mass is 10.1. The van der Waals surface area contributed by atoms with E-state index in [2.05, 4.69) is 15.5 Å². The zero-order valence-corrected chi connectivity index (χ0v) is 16.1. The molecule has 0 aliphatic heterocycles. The van der Waals surface area contributed by atoms with Crippen molar-refractivity contribution in [2.24, 2.45) is 0 Å². The maximum atomic E-state index is 13.5. The Bertz CT molecular complexity index is 1090. The number of aromatic nitrogens is 2. The highest BCUT2D eigenvalue weighted by Gasteiger charge is 2.23. The summed E-state index contributed by atoms with van der Waals surface area (Å²) < 4.78 is 24.9. The minimum Gasteiger partial charge on any atom is -0.495 e. The van der Waals surface area contributed by atoms with E-state index < -0.39 is 6.04 Å². The van der Waals surface area contributed by atoms with Crippen molar-refractivity contribution in [1.82, 2.24) is 10.2 Å². The van der Waals surface area contributed by atoms with Gasteiger partial charge in [0.25, 0.3) is 0 Å². The number of halogens is 1. The third kappa shape index (κ3) is 4.11. The van der Waals surface area contributed by atoms with Crippen molar-refractivity contribution in [3.8, 4) is 17.2 Å². The molecule has 29 heavy (non-hydrogen) atoms. The number of aryl methyl sites for hydroxylation is 1. The Hall–Kier alpha value is -3.67. The van der Waals surface area contributed by atoms with Gasteiger partial charge in [-0.15, -0.1) is 10.2 Å². The third-order valence-electron chi connectivity index (χ3n) is 4.57. The minimum absolute atomic E-state index is 0.309. The van der Waals surface area contributed by atoms with Crippen LogP contribution in [0.4, 0.5) is 10.1 Å². The number of nitrogens with zero attached hydrogens (tertiary/aromatic N) is 2. The highest BCUT2D eigenvalue weighted by Crippen LogP contribution is 2.33. The van der Waals surface area contributed by atoms with Gasteiger partial charge in [-0.25, -0.2) is 4.39 Å². The molecule has 0 spiro atoms. The zero-order valence-electron chi connectivity index (χ0n) is 16.1. The Morgan fingerprint density at radius 2 is 1.72 bits per heavy atom. The van der Waals surface area contributed by atoms with Gasteiger partial charge in [0.05, 0.1) is 12.8 Å². The lowest BCUT2D eigenvalue weighted by Gasteiger charge is -2.19. The SMILES string of the molecule is COc1ccc(C)cc1N[C@@H](c1ccc(F)cc1)c1nnc(-c2ccccc2)o1. The summed E-state index contributed by atoms with van der Waals surface area (Å²) in [5, 5.41) is 11.9. The molecule has 0 fully saturated rings. The maximum Gasteiger partial charge on any atom is 0.247 e. The van der Waals surface area contributed by atoms with Crippen LogP contribution in [0.1, 0.15) is 23.1 Å². The molecule has 4 rings (SSSR count). The fraction of sp³-hybridized carbons (Fsp3) is 0.130. The van der Waals surface area contributed by atoms with E-state index in [1.807, 2.05) is 55.5 Å². The van der Waals surface area contributed by atoms with E-state index in [9.17, 15) is 4.39 Å². The number of benzene rings is 3. The predicted octanol–water partition coefficient (Wildman–Crippen LogP) is 5.39. The molecule has 0 saturated heterocycles. The molecule has 146 valence electrons. The van der Waals surface area contributed by atoms with E-state index in [1.165, 1.54) is 12.1 Å². The lowest BCUT2D eigenvalue weighted by Crippen LogP contribution is -2.14. The second kappa shape index (κ2) is 8.14. The van der Waals surface area contributed by atoms with E-state index in [4.69, 9.17) is 9.15 Å². The van der Waals surface area contributed by atoms with Gasteiger partial charge < -0.3 is 14.5 Å². The summed E-state index contributed by atoms with van der Waals surface area (Å²) in [5.41, 5.74) is 3.47. The van der Waals surface area contributed by atoms with E-state index >= 15 is 0 Å². The van der Waals surface area contributed by atoms with E-state index in [0.29, 0.717) is 17.5 Å². The summed E-state index contributed by atoms with van der Waals surface area (Å²) in [6.07, 6.45) is 0. The largest absolute Gasteiger partial charge is 0.495 e. The molecular formula is C23H20FN3O2. The third-order valence-corrected chi connectivity index (χ3v) is 4.57. The molecular weight excluding hydrogens is 369 g/mol. The monoisotopic (exact) mass is 389 g/mol. The van der Waals surface area contributed by atoms with Gasteiger partial charge in [0.1, 0.15) is 17.6 Å². The molecule has 0 radical (unpaired) electrons. The van der Waals surface area contributed by atoms with Gasteiger partial charge >= 0.3 is 0 Å². The van der Waals surface area contributed by atoms with Gasteiger partial charge in [-0.05, 0) is 54.4 Å². The zero-order chi connectivity index (χ0) is 20.2. The molecule has 0 saturated carbocycles. The van der Waals surface area contributed by atoms with Gasteiger partial charge in [0.2, 0.25) is 11.8 Å².